The molecule has 1 aliphatic carbocycles. The van der Waals surface area contributed by atoms with E-state index in [0.29, 0.717) is 36.6 Å². The molecule has 1 aromatic carbocycles. The van der Waals surface area contributed by atoms with Crippen LogP contribution in [-0.2, 0) is 22.9 Å². The van der Waals surface area contributed by atoms with E-state index < -0.39 is 9.84 Å². The highest BCUT2D eigenvalue weighted by Crippen LogP contribution is 2.31. The molecule has 2 heterocycles. The van der Waals surface area contributed by atoms with E-state index in [1.54, 1.807) is 19.5 Å². The van der Waals surface area contributed by atoms with Crippen LogP contribution in [0.1, 0.15) is 55.0 Å². The second-order valence-corrected chi connectivity index (χ2v) is 13.3. The molecule has 9 nitrogen and oxygen atoms in total. The third-order valence-electron chi connectivity index (χ3n) is 7.43. The van der Waals surface area contributed by atoms with Gasteiger partial charge in [0.05, 0.1) is 43.2 Å². The summed E-state index contributed by atoms with van der Waals surface area (Å²) in [6.07, 6.45) is 9.56. The number of aryl methyl sites for hydroxylation is 2. The molecule has 1 saturated carbocycles. The fourth-order valence-electron chi connectivity index (χ4n) is 5.51. The zero-order chi connectivity index (χ0) is 29.4. The maximum atomic E-state index is 11.5. The Hall–Kier alpha value is -3.40. The quantitative estimate of drug-likeness (QED) is 0.256. The molecule has 222 valence electrons. The van der Waals surface area contributed by atoms with Crippen LogP contribution in [0.4, 0.5) is 11.6 Å². The number of anilines is 2. The molecule has 0 spiro atoms. The minimum atomic E-state index is -3.11. The third kappa shape index (κ3) is 9.05. The van der Waals surface area contributed by atoms with Crippen molar-refractivity contribution in [2.45, 2.75) is 59.5 Å². The average molecular weight is 582 g/mol. The van der Waals surface area contributed by atoms with Gasteiger partial charge in [-0.05, 0) is 51.2 Å². The highest BCUT2D eigenvalue weighted by Gasteiger charge is 2.22. The van der Waals surface area contributed by atoms with Crippen molar-refractivity contribution in [3.05, 3.63) is 65.1 Å². The lowest BCUT2D eigenvalue weighted by Crippen LogP contribution is -2.31. The van der Waals surface area contributed by atoms with Crippen LogP contribution < -0.4 is 19.3 Å². The number of sulfone groups is 1. The molecule has 41 heavy (non-hydrogen) atoms. The number of nitrogens with zero attached hydrogens (tertiary/aromatic N) is 5. The van der Waals surface area contributed by atoms with Crippen LogP contribution in [0.5, 0.6) is 11.6 Å². The zero-order valence-electron chi connectivity index (χ0n) is 25.0. The van der Waals surface area contributed by atoms with Crippen molar-refractivity contribution in [2.24, 2.45) is 5.92 Å². The Bertz CT molecular complexity index is 1370. The van der Waals surface area contributed by atoms with E-state index in [-0.39, 0.29) is 12.4 Å². The number of aromatic nitrogens is 3. The van der Waals surface area contributed by atoms with Crippen molar-refractivity contribution < 1.29 is 17.9 Å². The van der Waals surface area contributed by atoms with E-state index in [0.717, 1.165) is 30.0 Å². The van der Waals surface area contributed by atoms with Crippen molar-refractivity contribution in [3.8, 4) is 11.6 Å². The standard InChI is InChI=1S/C31H43N5O4S/c1-6-35(20-25-9-7-8-10-25)29-11-12-30(39-4)34-28(29)22-36(21-26-16-23(2)15-24(3)17-26)31-32-18-27(19-33-31)40-13-14-41(5,37)38/h11-12,15-19,25H,6-10,13-14,20-22H2,1-5H3. The minimum absolute atomic E-state index is 0.0543. The largest absolute Gasteiger partial charge is 0.489 e. The van der Waals surface area contributed by atoms with Crippen LogP contribution in [0.2, 0.25) is 0 Å². The maximum Gasteiger partial charge on any atom is 0.226 e. The van der Waals surface area contributed by atoms with Gasteiger partial charge in [0.15, 0.2) is 15.6 Å². The minimum Gasteiger partial charge on any atom is -0.489 e. The Balaban J connectivity index is 1.65. The second-order valence-electron chi connectivity index (χ2n) is 11.1. The van der Waals surface area contributed by atoms with E-state index in [9.17, 15) is 8.42 Å². The van der Waals surface area contributed by atoms with Crippen LogP contribution >= 0.6 is 0 Å². The molecule has 2 aromatic heterocycles. The number of pyridine rings is 1. The van der Waals surface area contributed by atoms with Gasteiger partial charge in [0.1, 0.15) is 6.61 Å². The Morgan fingerprint density at radius 1 is 0.976 bits per heavy atom. The van der Waals surface area contributed by atoms with Gasteiger partial charge in [-0.1, -0.05) is 42.2 Å². The van der Waals surface area contributed by atoms with Crippen molar-refractivity contribution in [1.29, 1.82) is 0 Å². The van der Waals surface area contributed by atoms with Gasteiger partial charge in [-0.3, -0.25) is 0 Å². The first-order chi connectivity index (χ1) is 19.6. The molecule has 0 radical (unpaired) electrons. The van der Waals surface area contributed by atoms with Gasteiger partial charge in [-0.2, -0.15) is 0 Å². The van der Waals surface area contributed by atoms with Crippen LogP contribution in [-0.4, -0.2) is 62.2 Å². The summed E-state index contributed by atoms with van der Waals surface area (Å²) >= 11 is 0. The fourth-order valence-corrected chi connectivity index (χ4v) is 5.90. The van der Waals surface area contributed by atoms with Crippen LogP contribution in [0.3, 0.4) is 0 Å². The highest BCUT2D eigenvalue weighted by molar-refractivity contribution is 7.90. The Morgan fingerprint density at radius 2 is 1.66 bits per heavy atom. The Kier molecular flexibility index (Phi) is 10.4. The molecule has 0 atom stereocenters. The second kappa shape index (κ2) is 14.0. The van der Waals surface area contributed by atoms with Crippen molar-refractivity contribution in [2.75, 3.05) is 48.6 Å². The van der Waals surface area contributed by atoms with Gasteiger partial charge in [-0.25, -0.2) is 23.4 Å². The van der Waals surface area contributed by atoms with Gasteiger partial charge >= 0.3 is 0 Å². The van der Waals surface area contributed by atoms with Gasteiger partial charge in [0.25, 0.3) is 0 Å². The van der Waals surface area contributed by atoms with Crippen LogP contribution in [0, 0.1) is 19.8 Å². The van der Waals surface area contributed by atoms with Gasteiger partial charge < -0.3 is 19.3 Å². The van der Waals surface area contributed by atoms with E-state index in [2.05, 4.69) is 64.8 Å². The van der Waals surface area contributed by atoms with Gasteiger partial charge in [-0.15, -0.1) is 0 Å². The fraction of sp³-hybridized carbons (Fsp3) is 0.516. The number of hydrogen-bond donors (Lipinski definition) is 0. The average Bonchev–Trinajstić information content (AvgIpc) is 3.44. The first kappa shape index (κ1) is 30.6. The third-order valence-corrected chi connectivity index (χ3v) is 8.33. The molecular formula is C31H43N5O4S. The van der Waals surface area contributed by atoms with Crippen molar-refractivity contribution in [1.82, 2.24) is 15.0 Å². The molecule has 0 bridgehead atoms. The monoisotopic (exact) mass is 581 g/mol. The summed E-state index contributed by atoms with van der Waals surface area (Å²) in [5, 5.41) is 0. The topological polar surface area (TPSA) is 97.7 Å². The van der Waals surface area contributed by atoms with E-state index >= 15 is 0 Å². The number of benzene rings is 1. The van der Waals surface area contributed by atoms with E-state index in [1.165, 1.54) is 43.1 Å². The number of methoxy groups -OCH3 is 1. The first-order valence-electron chi connectivity index (χ1n) is 14.4. The molecule has 0 amide bonds. The summed E-state index contributed by atoms with van der Waals surface area (Å²) in [6.45, 7) is 9.43. The summed E-state index contributed by atoms with van der Waals surface area (Å²) in [5.41, 5.74) is 5.56. The molecule has 0 N–H and O–H groups in total. The maximum absolute atomic E-state index is 11.5. The van der Waals surface area contributed by atoms with Gasteiger partial charge in [0, 0.05) is 32.0 Å². The summed E-state index contributed by atoms with van der Waals surface area (Å²) in [4.78, 5) is 18.7. The van der Waals surface area contributed by atoms with Crippen LogP contribution in [0.25, 0.3) is 0 Å². The molecule has 10 heteroatoms. The highest BCUT2D eigenvalue weighted by atomic mass is 32.2. The molecule has 3 aromatic rings. The number of ether oxygens (including phenoxy) is 2. The molecule has 1 aliphatic rings. The lowest BCUT2D eigenvalue weighted by molar-refractivity contribution is 0.338. The SMILES string of the molecule is CCN(CC1CCCC1)c1ccc(OC)nc1CN(Cc1cc(C)cc(C)c1)c1ncc(OCCS(C)(=O)=O)cn1. The van der Waals surface area contributed by atoms with E-state index in [4.69, 9.17) is 14.5 Å². The summed E-state index contributed by atoms with van der Waals surface area (Å²) in [5.74, 6) is 2.18. The normalized spacial score (nSPS) is 13.8. The van der Waals surface area contributed by atoms with Crippen molar-refractivity contribution >= 4 is 21.5 Å². The summed E-state index contributed by atoms with van der Waals surface area (Å²) in [7, 11) is -1.47. The van der Waals surface area contributed by atoms with E-state index in [1.807, 2.05) is 6.07 Å². The Labute approximate surface area is 244 Å². The predicted molar refractivity (Wildman–Crippen MR) is 164 cm³/mol. The summed E-state index contributed by atoms with van der Waals surface area (Å²) in [6, 6.07) is 10.6. The Morgan fingerprint density at radius 3 is 2.27 bits per heavy atom. The smallest absolute Gasteiger partial charge is 0.226 e. The molecule has 0 saturated heterocycles. The molecule has 0 aliphatic heterocycles. The summed E-state index contributed by atoms with van der Waals surface area (Å²) < 4.78 is 34.0. The van der Waals surface area contributed by atoms with Gasteiger partial charge in [0.2, 0.25) is 11.8 Å². The zero-order valence-corrected chi connectivity index (χ0v) is 25.8. The lowest BCUT2D eigenvalue weighted by atomic mass is 10.1. The lowest BCUT2D eigenvalue weighted by Gasteiger charge is -2.30. The molecule has 1 fully saturated rings. The molecule has 4 rings (SSSR count). The van der Waals surface area contributed by atoms with Crippen molar-refractivity contribution in [3.63, 3.8) is 0 Å². The number of hydrogen-bond acceptors (Lipinski definition) is 9. The first-order valence-corrected chi connectivity index (χ1v) is 16.4. The number of rotatable bonds is 14. The molecule has 0 unspecified atom stereocenters. The predicted octanol–water partition coefficient (Wildman–Crippen LogP) is 5.14. The molecular weight excluding hydrogens is 538 g/mol. The van der Waals surface area contributed by atoms with Crippen LogP contribution in [0.15, 0.2) is 42.7 Å².